The molecule has 0 N–H and O–H groups in total. The van der Waals surface area contributed by atoms with Crippen LogP contribution in [0.5, 0.6) is 0 Å². The maximum atomic E-state index is 4.86. The van der Waals surface area contributed by atoms with Crippen molar-refractivity contribution in [3.05, 3.63) is 42.0 Å². The molecule has 4 heteroatoms. The topological polar surface area (TPSA) is 43.6 Å². The van der Waals surface area contributed by atoms with Crippen LogP contribution in [0.1, 0.15) is 36.9 Å². The molecule has 0 unspecified atom stereocenters. The van der Waals surface area contributed by atoms with Crippen molar-refractivity contribution in [3.8, 4) is 11.1 Å². The molecule has 0 aromatic carbocycles. The average Bonchev–Trinajstić information content (AvgIpc) is 3.26. The Kier molecular flexibility index (Phi) is 2.77. The van der Waals surface area contributed by atoms with E-state index < -0.39 is 0 Å². The van der Waals surface area contributed by atoms with E-state index in [9.17, 15) is 0 Å². The third-order valence-corrected chi connectivity index (χ3v) is 4.11. The molecule has 0 aliphatic heterocycles. The molecule has 0 spiro atoms. The number of aryl methyl sites for hydroxylation is 2. The number of rotatable bonds is 3. The molecule has 1 fully saturated rings. The van der Waals surface area contributed by atoms with Gasteiger partial charge in [-0.3, -0.25) is 4.98 Å². The second-order valence-corrected chi connectivity index (χ2v) is 5.82. The van der Waals surface area contributed by atoms with E-state index in [4.69, 9.17) is 4.98 Å². The molecular weight excluding hydrogens is 260 g/mol. The lowest BCUT2D eigenvalue weighted by Gasteiger charge is -2.08. The van der Waals surface area contributed by atoms with Crippen molar-refractivity contribution in [2.45, 2.75) is 39.2 Å². The van der Waals surface area contributed by atoms with Crippen molar-refractivity contribution in [2.75, 3.05) is 0 Å². The van der Waals surface area contributed by atoms with Crippen molar-refractivity contribution in [1.82, 2.24) is 19.7 Å². The Balaban J connectivity index is 2.00. The molecule has 21 heavy (non-hydrogen) atoms. The Morgan fingerprint density at radius 2 is 2.05 bits per heavy atom. The minimum Gasteiger partial charge on any atom is -0.264 e. The minimum absolute atomic E-state index is 0.631. The van der Waals surface area contributed by atoms with E-state index >= 15 is 0 Å². The molecule has 4 nitrogen and oxygen atoms in total. The predicted octanol–water partition coefficient (Wildman–Crippen LogP) is 3.70. The zero-order valence-corrected chi connectivity index (χ0v) is 12.4. The van der Waals surface area contributed by atoms with Crippen molar-refractivity contribution >= 4 is 11.0 Å². The molecule has 1 aliphatic rings. The van der Waals surface area contributed by atoms with Gasteiger partial charge in [0.1, 0.15) is 0 Å². The summed E-state index contributed by atoms with van der Waals surface area (Å²) in [6, 6.07) is 4.42. The van der Waals surface area contributed by atoms with Crippen molar-refractivity contribution < 1.29 is 0 Å². The Morgan fingerprint density at radius 3 is 2.76 bits per heavy atom. The van der Waals surface area contributed by atoms with Gasteiger partial charge in [0, 0.05) is 41.5 Å². The summed E-state index contributed by atoms with van der Waals surface area (Å²) in [5.74, 6) is 0.631. The lowest BCUT2D eigenvalue weighted by Crippen LogP contribution is -1.99. The van der Waals surface area contributed by atoms with Crippen LogP contribution < -0.4 is 0 Å². The predicted molar refractivity (Wildman–Crippen MR) is 83.1 cm³/mol. The second-order valence-electron chi connectivity index (χ2n) is 5.82. The first-order chi connectivity index (χ1) is 10.3. The summed E-state index contributed by atoms with van der Waals surface area (Å²) in [6.45, 7) is 5.02. The smallest absolute Gasteiger partial charge is 0.158 e. The molecule has 3 aromatic heterocycles. The van der Waals surface area contributed by atoms with Crippen LogP contribution in [0.25, 0.3) is 22.2 Å². The van der Waals surface area contributed by atoms with E-state index in [0.717, 1.165) is 23.1 Å². The summed E-state index contributed by atoms with van der Waals surface area (Å²) in [4.78, 5) is 9.19. The fourth-order valence-electron chi connectivity index (χ4n) is 2.83. The molecule has 0 atom stereocenters. The van der Waals surface area contributed by atoms with Crippen LogP contribution in [0.2, 0.25) is 0 Å². The molecule has 106 valence electrons. The van der Waals surface area contributed by atoms with Gasteiger partial charge >= 0.3 is 0 Å². The summed E-state index contributed by atoms with van der Waals surface area (Å²) in [5.41, 5.74) is 5.73. The molecule has 3 heterocycles. The van der Waals surface area contributed by atoms with E-state index in [0.29, 0.717) is 5.92 Å². The third-order valence-electron chi connectivity index (χ3n) is 4.11. The highest BCUT2D eigenvalue weighted by Gasteiger charge is 2.27. The molecule has 1 aliphatic carbocycles. The third kappa shape index (κ3) is 2.11. The molecule has 0 bridgehead atoms. The van der Waals surface area contributed by atoms with Crippen molar-refractivity contribution in [2.24, 2.45) is 0 Å². The second kappa shape index (κ2) is 4.65. The molecule has 0 amide bonds. The van der Waals surface area contributed by atoms with Gasteiger partial charge in [0.25, 0.3) is 0 Å². The molecule has 4 rings (SSSR count). The zero-order valence-electron chi connectivity index (χ0n) is 12.4. The molecule has 0 saturated heterocycles. The van der Waals surface area contributed by atoms with E-state index in [1.54, 1.807) is 0 Å². The van der Waals surface area contributed by atoms with Crippen LogP contribution >= 0.6 is 0 Å². The molecule has 0 radical (unpaired) electrons. The van der Waals surface area contributed by atoms with Crippen LogP contribution in [0, 0.1) is 6.92 Å². The highest BCUT2D eigenvalue weighted by molar-refractivity contribution is 5.92. The largest absolute Gasteiger partial charge is 0.264 e. The summed E-state index contributed by atoms with van der Waals surface area (Å²) in [5, 5.41) is 5.60. The van der Waals surface area contributed by atoms with Gasteiger partial charge in [0.05, 0.1) is 6.20 Å². The SMILES string of the molecule is CCn1ncc2c(-c3cncc(C)c3)cc(C3CC3)nc21. The van der Waals surface area contributed by atoms with Gasteiger partial charge in [0.15, 0.2) is 5.65 Å². The zero-order chi connectivity index (χ0) is 14.4. The molecular formula is C17H18N4. The lowest BCUT2D eigenvalue weighted by atomic mass is 10.0. The van der Waals surface area contributed by atoms with Crippen molar-refractivity contribution in [1.29, 1.82) is 0 Å². The Labute approximate surface area is 123 Å². The summed E-state index contributed by atoms with van der Waals surface area (Å²) in [6.07, 6.45) is 8.26. The van der Waals surface area contributed by atoms with Crippen LogP contribution in [0.4, 0.5) is 0 Å². The number of hydrogen-bond acceptors (Lipinski definition) is 3. The number of hydrogen-bond donors (Lipinski definition) is 0. The fraction of sp³-hybridized carbons (Fsp3) is 0.353. The summed E-state index contributed by atoms with van der Waals surface area (Å²) < 4.78 is 1.98. The first kappa shape index (κ1) is 12.5. The maximum Gasteiger partial charge on any atom is 0.158 e. The highest BCUT2D eigenvalue weighted by atomic mass is 15.3. The lowest BCUT2D eigenvalue weighted by molar-refractivity contribution is 0.675. The van der Waals surface area contributed by atoms with Crippen LogP contribution in [-0.2, 0) is 6.54 Å². The average molecular weight is 278 g/mol. The molecule has 1 saturated carbocycles. The quantitative estimate of drug-likeness (QED) is 0.733. The van der Waals surface area contributed by atoms with Crippen LogP contribution in [0.15, 0.2) is 30.7 Å². The number of pyridine rings is 2. The standard InChI is InChI=1S/C17H18N4/c1-3-21-17-15(10-19-21)14(7-16(20-17)12-4-5-12)13-6-11(2)8-18-9-13/h6-10,12H,3-5H2,1-2H3. The van der Waals surface area contributed by atoms with Crippen LogP contribution in [0.3, 0.4) is 0 Å². The van der Waals surface area contributed by atoms with Gasteiger partial charge in [0.2, 0.25) is 0 Å². The highest BCUT2D eigenvalue weighted by Crippen LogP contribution is 2.41. The normalized spacial score (nSPS) is 14.8. The van der Waals surface area contributed by atoms with E-state index in [-0.39, 0.29) is 0 Å². The minimum atomic E-state index is 0.631. The monoisotopic (exact) mass is 278 g/mol. The van der Waals surface area contributed by atoms with E-state index in [1.165, 1.54) is 29.7 Å². The maximum absolute atomic E-state index is 4.86. The first-order valence-corrected chi connectivity index (χ1v) is 7.54. The number of fused-ring (bicyclic) bond motifs is 1. The van der Waals surface area contributed by atoms with Gasteiger partial charge in [-0.05, 0) is 49.9 Å². The molecule has 3 aromatic rings. The van der Waals surface area contributed by atoms with Gasteiger partial charge in [-0.2, -0.15) is 5.10 Å². The van der Waals surface area contributed by atoms with E-state index in [1.807, 2.05) is 23.3 Å². The number of nitrogens with zero attached hydrogens (tertiary/aromatic N) is 4. The fourth-order valence-corrected chi connectivity index (χ4v) is 2.83. The Bertz CT molecular complexity index is 815. The van der Waals surface area contributed by atoms with E-state index in [2.05, 4.69) is 36.1 Å². The summed E-state index contributed by atoms with van der Waals surface area (Å²) in [7, 11) is 0. The van der Waals surface area contributed by atoms with Gasteiger partial charge < -0.3 is 0 Å². The van der Waals surface area contributed by atoms with Gasteiger partial charge in [-0.25, -0.2) is 9.67 Å². The van der Waals surface area contributed by atoms with Gasteiger partial charge in [-0.1, -0.05) is 0 Å². The van der Waals surface area contributed by atoms with Gasteiger partial charge in [-0.15, -0.1) is 0 Å². The van der Waals surface area contributed by atoms with Crippen molar-refractivity contribution in [3.63, 3.8) is 0 Å². The summed E-state index contributed by atoms with van der Waals surface area (Å²) >= 11 is 0. The van der Waals surface area contributed by atoms with Crippen LogP contribution in [-0.4, -0.2) is 19.7 Å². The Hall–Kier alpha value is -2.23. The Morgan fingerprint density at radius 1 is 1.19 bits per heavy atom. The first-order valence-electron chi connectivity index (χ1n) is 7.54. The number of aromatic nitrogens is 4.